The quantitative estimate of drug-likeness (QED) is 0.584. The third-order valence-corrected chi connectivity index (χ3v) is 6.42. The number of rotatable bonds is 7. The van der Waals surface area contributed by atoms with Gasteiger partial charge in [-0.05, 0) is 64.3 Å². The van der Waals surface area contributed by atoms with Crippen molar-refractivity contribution in [3.05, 3.63) is 46.9 Å². The predicted octanol–water partition coefficient (Wildman–Crippen LogP) is 3.87. The summed E-state index contributed by atoms with van der Waals surface area (Å²) in [6.07, 6.45) is 8.69. The molecule has 0 amide bonds. The summed E-state index contributed by atoms with van der Waals surface area (Å²) in [4.78, 5) is 28.9. The lowest BCUT2D eigenvalue weighted by Gasteiger charge is -2.39. The molecule has 0 unspecified atom stereocenters. The number of fused-ring (bicyclic) bond motifs is 1. The second-order valence-corrected chi connectivity index (χ2v) is 8.64. The minimum atomic E-state index is -0.164. The van der Waals surface area contributed by atoms with Gasteiger partial charge in [-0.1, -0.05) is 25.0 Å². The third kappa shape index (κ3) is 4.77. The largest absolute Gasteiger partial charge is 0.384 e. The van der Waals surface area contributed by atoms with Crippen LogP contribution in [0.1, 0.15) is 52.4 Å². The molecule has 0 spiro atoms. The van der Waals surface area contributed by atoms with Gasteiger partial charge in [0.15, 0.2) is 11.5 Å². The van der Waals surface area contributed by atoms with Gasteiger partial charge < -0.3 is 10.3 Å². The molecule has 1 aliphatic heterocycles. The number of hydrogen-bond donors (Lipinski definition) is 1. The lowest BCUT2D eigenvalue weighted by molar-refractivity contribution is 0.101. The van der Waals surface area contributed by atoms with Crippen molar-refractivity contribution in [2.75, 3.05) is 12.3 Å². The minimum Gasteiger partial charge on any atom is -0.384 e. The summed E-state index contributed by atoms with van der Waals surface area (Å²) < 4.78 is 1.82. The highest BCUT2D eigenvalue weighted by atomic mass is 16.1. The fraction of sp³-hybridized carbons (Fsp3) is 0.500. The second kappa shape index (κ2) is 9.56. The van der Waals surface area contributed by atoms with Crippen LogP contribution in [0.25, 0.3) is 22.6 Å². The number of unbranched alkanes of at least 4 members (excludes halogenated alkanes) is 2. The van der Waals surface area contributed by atoms with E-state index in [2.05, 4.69) is 33.7 Å². The number of nitrogen functional groups attached to an aromatic ring is 1. The standard InChI is InChI=1S/C24H32N6O/c1-17-9-8-10-18(2)29(17)15-6-3-7-16-30-20-12-5-4-11-19(20)27-22(24(30)31)23-26-14-13-21(25)28-23/h4-5,11-14,17-18H,3,6-10,15-16H2,1-2H3,(H2,25,26,28)/t17-,18+. The zero-order valence-corrected chi connectivity index (χ0v) is 18.5. The van der Waals surface area contributed by atoms with Gasteiger partial charge in [-0.15, -0.1) is 0 Å². The first-order chi connectivity index (χ1) is 15.0. The van der Waals surface area contributed by atoms with Crippen LogP contribution in [0, 0.1) is 0 Å². The Morgan fingerprint density at radius 1 is 1.00 bits per heavy atom. The van der Waals surface area contributed by atoms with Crippen LogP contribution >= 0.6 is 0 Å². The van der Waals surface area contributed by atoms with Crippen molar-refractivity contribution in [2.24, 2.45) is 0 Å². The smallest absolute Gasteiger partial charge is 0.280 e. The van der Waals surface area contributed by atoms with Gasteiger partial charge in [0.25, 0.3) is 5.56 Å². The van der Waals surface area contributed by atoms with E-state index >= 15 is 0 Å². The molecule has 0 bridgehead atoms. The highest BCUT2D eigenvalue weighted by Gasteiger charge is 2.23. The fourth-order valence-corrected chi connectivity index (χ4v) is 4.70. The molecule has 164 valence electrons. The Hall–Kier alpha value is -2.80. The van der Waals surface area contributed by atoms with Crippen molar-refractivity contribution in [3.63, 3.8) is 0 Å². The van der Waals surface area contributed by atoms with Gasteiger partial charge in [-0.2, -0.15) is 0 Å². The molecule has 1 aliphatic rings. The molecule has 0 aliphatic carbocycles. The van der Waals surface area contributed by atoms with Crippen molar-refractivity contribution in [2.45, 2.75) is 71.0 Å². The van der Waals surface area contributed by atoms with E-state index in [1.807, 2.05) is 28.8 Å². The van der Waals surface area contributed by atoms with Crippen LogP contribution in [0.5, 0.6) is 0 Å². The van der Waals surface area contributed by atoms with E-state index in [9.17, 15) is 4.79 Å². The summed E-state index contributed by atoms with van der Waals surface area (Å²) in [6, 6.07) is 10.7. The van der Waals surface area contributed by atoms with Crippen LogP contribution in [0.4, 0.5) is 5.82 Å². The number of hydrogen-bond acceptors (Lipinski definition) is 6. The van der Waals surface area contributed by atoms with Crippen molar-refractivity contribution in [1.82, 2.24) is 24.4 Å². The Labute approximate surface area is 183 Å². The van der Waals surface area contributed by atoms with Crippen LogP contribution in [0.15, 0.2) is 41.3 Å². The topological polar surface area (TPSA) is 89.9 Å². The van der Waals surface area contributed by atoms with E-state index in [0.717, 1.165) is 36.8 Å². The van der Waals surface area contributed by atoms with Crippen molar-refractivity contribution in [1.29, 1.82) is 0 Å². The molecular weight excluding hydrogens is 388 g/mol. The summed E-state index contributed by atoms with van der Waals surface area (Å²) in [5, 5.41) is 0. The first-order valence-corrected chi connectivity index (χ1v) is 11.4. The molecule has 7 nitrogen and oxygen atoms in total. The SMILES string of the molecule is C[C@@H]1CCC[C@H](C)N1CCCCCn1c(=O)c(-c2nccc(N)n2)nc2ccccc21. The Morgan fingerprint density at radius 2 is 1.74 bits per heavy atom. The molecule has 0 saturated carbocycles. The first-order valence-electron chi connectivity index (χ1n) is 11.4. The van der Waals surface area contributed by atoms with E-state index in [0.29, 0.717) is 24.4 Å². The Balaban J connectivity index is 1.49. The monoisotopic (exact) mass is 420 g/mol. The van der Waals surface area contributed by atoms with Crippen LogP contribution in [0.3, 0.4) is 0 Å². The summed E-state index contributed by atoms with van der Waals surface area (Å²) >= 11 is 0. The normalized spacial score (nSPS) is 19.7. The number of aromatic nitrogens is 4. The van der Waals surface area contributed by atoms with Crippen LogP contribution in [0.2, 0.25) is 0 Å². The van der Waals surface area contributed by atoms with Gasteiger partial charge >= 0.3 is 0 Å². The van der Waals surface area contributed by atoms with Crippen molar-refractivity contribution in [3.8, 4) is 11.5 Å². The van der Waals surface area contributed by atoms with Gasteiger partial charge in [-0.25, -0.2) is 15.0 Å². The number of piperidine rings is 1. The maximum atomic E-state index is 13.3. The molecule has 3 aromatic rings. The van der Waals surface area contributed by atoms with Gasteiger partial charge in [-0.3, -0.25) is 9.69 Å². The van der Waals surface area contributed by atoms with E-state index in [-0.39, 0.29) is 17.1 Å². The van der Waals surface area contributed by atoms with Crippen LogP contribution < -0.4 is 11.3 Å². The first kappa shape index (κ1) is 21.4. The lowest BCUT2D eigenvalue weighted by Crippen LogP contribution is -2.44. The van der Waals surface area contributed by atoms with E-state index in [1.165, 1.54) is 19.3 Å². The predicted molar refractivity (Wildman–Crippen MR) is 125 cm³/mol. The number of nitrogens with zero attached hydrogens (tertiary/aromatic N) is 5. The molecule has 3 heterocycles. The highest BCUT2D eigenvalue weighted by Crippen LogP contribution is 2.23. The molecule has 31 heavy (non-hydrogen) atoms. The minimum absolute atomic E-state index is 0.164. The van der Waals surface area contributed by atoms with Crippen LogP contribution in [-0.2, 0) is 6.54 Å². The van der Waals surface area contributed by atoms with E-state index < -0.39 is 0 Å². The molecule has 1 aromatic carbocycles. The molecule has 7 heteroatoms. The van der Waals surface area contributed by atoms with Crippen molar-refractivity contribution < 1.29 is 0 Å². The molecule has 4 rings (SSSR count). The van der Waals surface area contributed by atoms with E-state index in [4.69, 9.17) is 5.73 Å². The maximum absolute atomic E-state index is 13.3. The second-order valence-electron chi connectivity index (χ2n) is 8.64. The molecule has 2 atom stereocenters. The molecule has 2 N–H and O–H groups in total. The molecule has 1 saturated heterocycles. The number of aryl methyl sites for hydroxylation is 1. The highest BCUT2D eigenvalue weighted by molar-refractivity contribution is 5.76. The number of benzene rings is 1. The Kier molecular flexibility index (Phi) is 6.61. The lowest BCUT2D eigenvalue weighted by atomic mass is 9.97. The maximum Gasteiger partial charge on any atom is 0.280 e. The molecule has 1 fully saturated rings. The van der Waals surface area contributed by atoms with E-state index in [1.54, 1.807) is 12.3 Å². The Morgan fingerprint density at radius 3 is 2.52 bits per heavy atom. The summed E-state index contributed by atoms with van der Waals surface area (Å²) in [5.74, 6) is 0.602. The van der Waals surface area contributed by atoms with Gasteiger partial charge in [0, 0.05) is 24.8 Å². The summed E-state index contributed by atoms with van der Waals surface area (Å²) in [5.41, 5.74) is 7.50. The molecular formula is C24H32N6O. The number of anilines is 1. The average Bonchev–Trinajstić information content (AvgIpc) is 2.76. The van der Waals surface area contributed by atoms with Gasteiger partial charge in [0.2, 0.25) is 0 Å². The molecule has 2 aromatic heterocycles. The van der Waals surface area contributed by atoms with Gasteiger partial charge in [0.05, 0.1) is 11.0 Å². The third-order valence-electron chi connectivity index (χ3n) is 6.42. The average molecular weight is 421 g/mol. The summed E-state index contributed by atoms with van der Waals surface area (Å²) in [7, 11) is 0. The number of likely N-dealkylation sites (tertiary alicyclic amines) is 1. The Bertz CT molecular complexity index is 1080. The fourth-order valence-electron chi connectivity index (χ4n) is 4.70. The van der Waals surface area contributed by atoms with Crippen LogP contribution in [-0.4, -0.2) is 43.0 Å². The molecule has 0 radical (unpaired) electrons. The zero-order valence-electron chi connectivity index (χ0n) is 18.5. The summed E-state index contributed by atoms with van der Waals surface area (Å²) in [6.45, 7) is 6.48. The zero-order chi connectivity index (χ0) is 21.8. The number of nitrogens with two attached hydrogens (primary N) is 1. The van der Waals surface area contributed by atoms with Gasteiger partial charge in [0.1, 0.15) is 5.82 Å². The number of para-hydroxylation sites is 2. The van der Waals surface area contributed by atoms with Crippen molar-refractivity contribution >= 4 is 16.9 Å².